The number of benzene rings is 1. The predicted molar refractivity (Wildman–Crippen MR) is 47.2 cm³/mol. The van der Waals surface area contributed by atoms with E-state index in [0.29, 0.717) is 13.1 Å². The molecule has 1 aromatic rings. The molecule has 3 heteroatoms. The van der Waals surface area contributed by atoms with Gasteiger partial charge in [-0.15, -0.1) is 0 Å². The molecule has 0 amide bonds. The Labute approximate surface area is 67.0 Å². The molecule has 7 N–H and O–H groups in total. The zero-order valence-corrected chi connectivity index (χ0v) is 6.59. The highest BCUT2D eigenvalue weighted by Crippen LogP contribution is 2.02. The summed E-state index contributed by atoms with van der Waals surface area (Å²) in [7, 11) is 0. The smallest absolute Gasteiger partial charge is 0.0178 e. The lowest BCUT2D eigenvalue weighted by Gasteiger charge is -1.98. The van der Waals surface area contributed by atoms with Crippen molar-refractivity contribution in [3.63, 3.8) is 0 Å². The van der Waals surface area contributed by atoms with Crippen LogP contribution in [-0.2, 0) is 13.1 Å². The molecule has 0 radical (unpaired) electrons. The highest BCUT2D eigenvalue weighted by Gasteiger charge is 1.89. The van der Waals surface area contributed by atoms with Gasteiger partial charge >= 0.3 is 0 Å². The van der Waals surface area contributed by atoms with Gasteiger partial charge in [-0.25, -0.2) is 0 Å². The van der Waals surface area contributed by atoms with Crippen molar-refractivity contribution in [1.29, 1.82) is 0 Å². The molecule has 1 aromatic carbocycles. The van der Waals surface area contributed by atoms with Crippen LogP contribution in [0.3, 0.4) is 0 Å². The van der Waals surface area contributed by atoms with Gasteiger partial charge in [-0.3, -0.25) is 0 Å². The molecule has 11 heavy (non-hydrogen) atoms. The maximum atomic E-state index is 5.43. The van der Waals surface area contributed by atoms with Crippen LogP contribution in [0.4, 0.5) is 0 Å². The van der Waals surface area contributed by atoms with Crippen molar-refractivity contribution in [2.45, 2.75) is 13.1 Å². The Bertz CT molecular complexity index is 191. The van der Waals surface area contributed by atoms with Gasteiger partial charge in [-0.05, 0) is 11.1 Å². The highest BCUT2D eigenvalue weighted by molar-refractivity contribution is 5.22. The lowest BCUT2D eigenvalue weighted by Crippen LogP contribution is -2.00. The van der Waals surface area contributed by atoms with Crippen LogP contribution in [0.1, 0.15) is 11.1 Å². The fourth-order valence-electron chi connectivity index (χ4n) is 0.884. The third-order valence-corrected chi connectivity index (χ3v) is 1.46. The van der Waals surface area contributed by atoms with Crippen LogP contribution in [0.2, 0.25) is 0 Å². The topological polar surface area (TPSA) is 87.0 Å². The van der Waals surface area contributed by atoms with Crippen molar-refractivity contribution in [2.24, 2.45) is 11.5 Å². The second-order valence-corrected chi connectivity index (χ2v) is 2.23. The molecule has 0 bridgehead atoms. The zero-order chi connectivity index (χ0) is 7.40. The van der Waals surface area contributed by atoms with Crippen molar-refractivity contribution < 1.29 is 0 Å². The monoisotopic (exact) mass is 153 g/mol. The average Bonchev–Trinajstić information content (AvgIpc) is 2.05. The number of hydrogen-bond acceptors (Lipinski definition) is 3. The third kappa shape index (κ3) is 2.67. The minimum absolute atomic E-state index is 0. The molecule has 62 valence electrons. The Morgan fingerprint density at radius 2 is 1.45 bits per heavy atom. The summed E-state index contributed by atoms with van der Waals surface area (Å²) in [5, 5.41) is 0. The Morgan fingerprint density at radius 1 is 1.00 bits per heavy atom. The van der Waals surface area contributed by atoms with Crippen LogP contribution in [0.25, 0.3) is 0 Å². The first-order valence-electron chi connectivity index (χ1n) is 3.34. The maximum absolute atomic E-state index is 5.43. The second-order valence-electron chi connectivity index (χ2n) is 2.23. The van der Waals surface area contributed by atoms with Crippen molar-refractivity contribution in [3.05, 3.63) is 35.4 Å². The molecule has 0 saturated heterocycles. The van der Waals surface area contributed by atoms with Gasteiger partial charge in [0.2, 0.25) is 0 Å². The van der Waals surface area contributed by atoms with Crippen LogP contribution >= 0.6 is 0 Å². The van der Waals surface area contributed by atoms with Crippen molar-refractivity contribution >= 4 is 0 Å². The molecule has 0 saturated carbocycles. The molecular weight excluding hydrogens is 138 g/mol. The largest absolute Gasteiger partial charge is 0.344 e. The Kier molecular flexibility index (Phi) is 4.45. The number of nitrogens with two attached hydrogens (primary N) is 2. The van der Waals surface area contributed by atoms with Crippen LogP contribution in [0.15, 0.2) is 24.3 Å². The molecule has 0 fully saturated rings. The SMILES string of the molecule is N.NCc1cccc(CN)c1. The molecule has 0 aliphatic rings. The first-order valence-corrected chi connectivity index (χ1v) is 3.34. The summed E-state index contributed by atoms with van der Waals surface area (Å²) in [6, 6.07) is 8.00. The fourth-order valence-corrected chi connectivity index (χ4v) is 0.884. The van der Waals surface area contributed by atoms with Crippen LogP contribution in [0, 0.1) is 0 Å². The van der Waals surface area contributed by atoms with E-state index < -0.39 is 0 Å². The quantitative estimate of drug-likeness (QED) is 0.586. The van der Waals surface area contributed by atoms with Crippen molar-refractivity contribution in [1.82, 2.24) is 6.15 Å². The normalized spacial score (nSPS) is 8.91. The van der Waals surface area contributed by atoms with Crippen molar-refractivity contribution in [2.75, 3.05) is 0 Å². The molecular formula is C8H15N3. The maximum Gasteiger partial charge on any atom is 0.0178 e. The molecule has 0 aliphatic carbocycles. The van der Waals surface area contributed by atoms with Gasteiger partial charge < -0.3 is 17.6 Å². The van der Waals surface area contributed by atoms with E-state index in [4.69, 9.17) is 11.5 Å². The summed E-state index contributed by atoms with van der Waals surface area (Å²) in [6.45, 7) is 1.18. The standard InChI is InChI=1S/C8H12N2.H3N/c9-5-7-2-1-3-8(4-7)6-10;/h1-4H,5-6,9-10H2;1H3. The summed E-state index contributed by atoms with van der Waals surface area (Å²) in [5.41, 5.74) is 13.1. The van der Waals surface area contributed by atoms with Gasteiger partial charge in [0.05, 0.1) is 0 Å². The van der Waals surface area contributed by atoms with E-state index in [-0.39, 0.29) is 6.15 Å². The van der Waals surface area contributed by atoms with Gasteiger partial charge in [-0.2, -0.15) is 0 Å². The van der Waals surface area contributed by atoms with E-state index in [2.05, 4.69) is 0 Å². The van der Waals surface area contributed by atoms with E-state index >= 15 is 0 Å². The van der Waals surface area contributed by atoms with Gasteiger partial charge in [0, 0.05) is 13.1 Å². The molecule has 0 aromatic heterocycles. The van der Waals surface area contributed by atoms with Crippen LogP contribution < -0.4 is 17.6 Å². The van der Waals surface area contributed by atoms with Crippen LogP contribution in [-0.4, -0.2) is 0 Å². The minimum atomic E-state index is 0. The molecule has 0 unspecified atom stereocenters. The number of hydrogen-bond donors (Lipinski definition) is 3. The van der Waals surface area contributed by atoms with Crippen molar-refractivity contribution in [3.8, 4) is 0 Å². The molecule has 0 aliphatic heterocycles. The summed E-state index contributed by atoms with van der Waals surface area (Å²) in [6.07, 6.45) is 0. The fraction of sp³-hybridized carbons (Fsp3) is 0.250. The van der Waals surface area contributed by atoms with Crippen LogP contribution in [0.5, 0.6) is 0 Å². The molecule has 1 rings (SSSR count). The molecule has 3 nitrogen and oxygen atoms in total. The zero-order valence-electron chi connectivity index (χ0n) is 6.59. The molecule has 0 atom stereocenters. The predicted octanol–water partition coefficient (Wildman–Crippen LogP) is 0.766. The Hall–Kier alpha value is -0.900. The second kappa shape index (κ2) is 4.85. The minimum Gasteiger partial charge on any atom is -0.344 e. The Morgan fingerprint density at radius 3 is 1.82 bits per heavy atom. The summed E-state index contributed by atoms with van der Waals surface area (Å²) >= 11 is 0. The van der Waals surface area contributed by atoms with Gasteiger partial charge in [0.1, 0.15) is 0 Å². The highest BCUT2D eigenvalue weighted by atomic mass is 14.5. The van der Waals surface area contributed by atoms with Gasteiger partial charge in [-0.1, -0.05) is 24.3 Å². The molecule has 0 heterocycles. The summed E-state index contributed by atoms with van der Waals surface area (Å²) in [4.78, 5) is 0. The molecule has 0 spiro atoms. The number of rotatable bonds is 2. The summed E-state index contributed by atoms with van der Waals surface area (Å²) < 4.78 is 0. The first kappa shape index (κ1) is 10.1. The first-order chi connectivity index (χ1) is 4.86. The van der Waals surface area contributed by atoms with E-state index in [9.17, 15) is 0 Å². The van der Waals surface area contributed by atoms with E-state index in [0.717, 1.165) is 11.1 Å². The van der Waals surface area contributed by atoms with Gasteiger partial charge in [0.25, 0.3) is 0 Å². The Balaban J connectivity index is 0.000001000. The van der Waals surface area contributed by atoms with E-state index in [1.165, 1.54) is 0 Å². The van der Waals surface area contributed by atoms with E-state index in [1.54, 1.807) is 0 Å². The van der Waals surface area contributed by atoms with E-state index in [1.807, 2.05) is 24.3 Å². The third-order valence-electron chi connectivity index (χ3n) is 1.46. The lowest BCUT2D eigenvalue weighted by molar-refractivity contribution is 1.03. The summed E-state index contributed by atoms with van der Waals surface area (Å²) in [5.74, 6) is 0. The van der Waals surface area contributed by atoms with Gasteiger partial charge in [0.15, 0.2) is 0 Å². The average molecular weight is 153 g/mol. The lowest BCUT2D eigenvalue weighted by atomic mass is 10.1.